The summed E-state index contributed by atoms with van der Waals surface area (Å²) in [5.74, 6) is -0.889. The van der Waals surface area contributed by atoms with E-state index in [0.29, 0.717) is 11.4 Å². The Balaban J connectivity index is 1.67. The molecule has 0 saturated carbocycles. The molecule has 0 aliphatic heterocycles. The molecule has 0 unspecified atom stereocenters. The second kappa shape index (κ2) is 11.7. The highest BCUT2D eigenvalue weighted by Gasteiger charge is 2.17. The van der Waals surface area contributed by atoms with Crippen molar-refractivity contribution in [3.8, 4) is 0 Å². The number of hydrogen-bond acceptors (Lipinski definition) is 5. The number of carbonyl (C=O) groups excluding carboxylic acids is 2. The first-order valence-corrected chi connectivity index (χ1v) is 11.2. The topological polar surface area (TPSA) is 95.8 Å². The maximum Gasteiger partial charge on any atom is 0.273 e. The fraction of sp³-hybridized carbons (Fsp3) is 0.222. The molecule has 0 bridgehead atoms. The van der Waals surface area contributed by atoms with Gasteiger partial charge < -0.3 is 0 Å². The number of hydrazone groups is 2. The average Bonchev–Trinajstić information content (AvgIpc) is 2.84. The SMILES string of the molecule is CCc1ccc(C=NNC(=O)c2cc(C(=O)NN=Cc3ccc(CC)cc3)c(C)nc2C)cc1. The molecular formula is C27H29N5O2. The van der Waals surface area contributed by atoms with Crippen LogP contribution in [0.3, 0.4) is 0 Å². The van der Waals surface area contributed by atoms with Gasteiger partial charge in [-0.25, -0.2) is 10.9 Å². The van der Waals surface area contributed by atoms with Gasteiger partial charge in [-0.15, -0.1) is 0 Å². The van der Waals surface area contributed by atoms with Gasteiger partial charge in [-0.3, -0.25) is 14.6 Å². The van der Waals surface area contributed by atoms with Crippen LogP contribution in [0.4, 0.5) is 0 Å². The van der Waals surface area contributed by atoms with Gasteiger partial charge >= 0.3 is 0 Å². The molecule has 2 N–H and O–H groups in total. The first kappa shape index (κ1) is 24.5. The van der Waals surface area contributed by atoms with Crippen LogP contribution in [0.1, 0.15) is 68.2 Å². The number of amides is 2. The zero-order valence-electron chi connectivity index (χ0n) is 19.9. The van der Waals surface area contributed by atoms with Crippen molar-refractivity contribution in [3.05, 3.63) is 99.4 Å². The Morgan fingerprint density at radius 3 is 1.47 bits per heavy atom. The molecule has 1 aromatic heterocycles. The lowest BCUT2D eigenvalue weighted by Gasteiger charge is -2.09. The third-order valence-corrected chi connectivity index (χ3v) is 5.43. The van der Waals surface area contributed by atoms with Gasteiger partial charge in [0.1, 0.15) is 0 Å². The maximum atomic E-state index is 12.7. The Hall–Kier alpha value is -4.13. The summed E-state index contributed by atoms with van der Waals surface area (Å²) in [7, 11) is 0. The van der Waals surface area contributed by atoms with Gasteiger partial charge in [0.15, 0.2) is 0 Å². The van der Waals surface area contributed by atoms with Crippen molar-refractivity contribution >= 4 is 24.2 Å². The number of hydrogen-bond donors (Lipinski definition) is 2. The minimum Gasteiger partial charge on any atom is -0.267 e. The molecule has 0 aliphatic rings. The molecule has 0 fully saturated rings. The number of aromatic nitrogens is 1. The summed E-state index contributed by atoms with van der Waals surface area (Å²) >= 11 is 0. The van der Waals surface area contributed by atoms with Crippen molar-refractivity contribution in [3.63, 3.8) is 0 Å². The van der Waals surface area contributed by atoms with Crippen LogP contribution in [0.15, 0.2) is 64.8 Å². The number of aryl methyl sites for hydroxylation is 4. The van der Waals surface area contributed by atoms with Crippen LogP contribution in [0.25, 0.3) is 0 Å². The Morgan fingerprint density at radius 2 is 1.12 bits per heavy atom. The normalized spacial score (nSPS) is 11.2. The van der Waals surface area contributed by atoms with E-state index in [1.165, 1.54) is 17.2 Å². The molecule has 3 rings (SSSR count). The van der Waals surface area contributed by atoms with Crippen LogP contribution in [-0.2, 0) is 12.8 Å². The third kappa shape index (κ3) is 6.45. The van der Waals surface area contributed by atoms with E-state index in [1.807, 2.05) is 48.5 Å². The van der Waals surface area contributed by atoms with Gasteiger partial charge in [0, 0.05) is 0 Å². The molecule has 0 spiro atoms. The summed E-state index contributed by atoms with van der Waals surface area (Å²) < 4.78 is 0. The predicted octanol–water partition coefficient (Wildman–Crippen LogP) is 4.35. The van der Waals surface area contributed by atoms with Gasteiger partial charge in [0.25, 0.3) is 11.8 Å². The van der Waals surface area contributed by atoms with Crippen LogP contribution in [0, 0.1) is 13.8 Å². The van der Waals surface area contributed by atoms with Crippen molar-refractivity contribution in [2.24, 2.45) is 10.2 Å². The number of rotatable bonds is 8. The van der Waals surface area contributed by atoms with Gasteiger partial charge in [-0.2, -0.15) is 10.2 Å². The summed E-state index contributed by atoms with van der Waals surface area (Å²) in [5.41, 5.74) is 10.8. The summed E-state index contributed by atoms with van der Waals surface area (Å²) in [6, 6.07) is 17.3. The van der Waals surface area contributed by atoms with E-state index in [4.69, 9.17) is 0 Å². The van der Waals surface area contributed by atoms with E-state index in [1.54, 1.807) is 26.3 Å². The number of nitrogens with zero attached hydrogens (tertiary/aromatic N) is 3. The van der Waals surface area contributed by atoms with Crippen LogP contribution < -0.4 is 10.9 Å². The lowest BCUT2D eigenvalue weighted by atomic mass is 10.1. The summed E-state index contributed by atoms with van der Waals surface area (Å²) in [6.45, 7) is 7.62. The average molecular weight is 456 g/mol. The maximum absolute atomic E-state index is 12.7. The lowest BCUT2D eigenvalue weighted by Crippen LogP contribution is -2.23. The van der Waals surface area contributed by atoms with Crippen LogP contribution >= 0.6 is 0 Å². The monoisotopic (exact) mass is 455 g/mol. The molecule has 174 valence electrons. The molecule has 2 aromatic carbocycles. The van der Waals surface area contributed by atoms with E-state index >= 15 is 0 Å². The Bertz CT molecular complexity index is 1120. The smallest absolute Gasteiger partial charge is 0.267 e. The minimum absolute atomic E-state index is 0.272. The lowest BCUT2D eigenvalue weighted by molar-refractivity contribution is 0.0954. The standard InChI is InChI=1S/C27H29N5O2/c1-5-20-7-11-22(12-8-20)16-28-31-26(33)24-15-25(19(4)30-18(24)3)27(34)32-29-17-23-13-9-21(6-2)10-14-23/h7-17H,5-6H2,1-4H3,(H,31,33)(H,32,34). The molecule has 1 heterocycles. The number of pyridine rings is 1. The molecule has 0 aliphatic carbocycles. The highest BCUT2D eigenvalue weighted by molar-refractivity contribution is 6.01. The third-order valence-electron chi connectivity index (χ3n) is 5.43. The van der Waals surface area contributed by atoms with E-state index in [9.17, 15) is 9.59 Å². The highest BCUT2D eigenvalue weighted by atomic mass is 16.2. The van der Waals surface area contributed by atoms with Crippen molar-refractivity contribution < 1.29 is 9.59 Å². The predicted molar refractivity (Wildman–Crippen MR) is 135 cm³/mol. The quantitative estimate of drug-likeness (QED) is 0.390. The van der Waals surface area contributed by atoms with E-state index < -0.39 is 11.8 Å². The van der Waals surface area contributed by atoms with Crippen molar-refractivity contribution in [1.29, 1.82) is 0 Å². The largest absolute Gasteiger partial charge is 0.273 e. The van der Waals surface area contributed by atoms with Crippen molar-refractivity contribution in [1.82, 2.24) is 15.8 Å². The summed E-state index contributed by atoms with van der Waals surface area (Å²) in [5, 5.41) is 8.06. The van der Waals surface area contributed by atoms with Gasteiger partial charge in [-0.1, -0.05) is 62.4 Å². The van der Waals surface area contributed by atoms with E-state index in [2.05, 4.69) is 39.9 Å². The molecule has 34 heavy (non-hydrogen) atoms. The minimum atomic E-state index is -0.444. The van der Waals surface area contributed by atoms with Gasteiger partial charge in [0.2, 0.25) is 0 Å². The summed E-state index contributed by atoms with van der Waals surface area (Å²) in [6.07, 6.45) is 5.07. The molecule has 7 heteroatoms. The molecule has 2 amide bonds. The molecule has 0 atom stereocenters. The van der Waals surface area contributed by atoms with Crippen molar-refractivity contribution in [2.75, 3.05) is 0 Å². The second-order valence-electron chi connectivity index (χ2n) is 7.84. The molecule has 7 nitrogen and oxygen atoms in total. The number of carbonyl (C=O) groups is 2. The highest BCUT2D eigenvalue weighted by Crippen LogP contribution is 2.13. The van der Waals surface area contributed by atoms with Gasteiger partial charge in [0.05, 0.1) is 34.9 Å². The molecule has 3 aromatic rings. The van der Waals surface area contributed by atoms with Crippen molar-refractivity contribution in [2.45, 2.75) is 40.5 Å². The fourth-order valence-corrected chi connectivity index (χ4v) is 3.32. The van der Waals surface area contributed by atoms with E-state index in [0.717, 1.165) is 24.0 Å². The Kier molecular flexibility index (Phi) is 8.40. The second-order valence-corrected chi connectivity index (χ2v) is 7.84. The molecule has 0 radical (unpaired) electrons. The van der Waals surface area contributed by atoms with Crippen LogP contribution in [0.5, 0.6) is 0 Å². The van der Waals surface area contributed by atoms with Crippen LogP contribution in [0.2, 0.25) is 0 Å². The zero-order valence-corrected chi connectivity index (χ0v) is 19.9. The first-order chi connectivity index (χ1) is 16.4. The Labute approximate surface area is 200 Å². The fourth-order valence-electron chi connectivity index (χ4n) is 3.32. The molecular weight excluding hydrogens is 426 g/mol. The van der Waals surface area contributed by atoms with Crippen LogP contribution in [-0.4, -0.2) is 29.2 Å². The summed E-state index contributed by atoms with van der Waals surface area (Å²) in [4.78, 5) is 29.7. The van der Waals surface area contributed by atoms with E-state index in [-0.39, 0.29) is 11.1 Å². The zero-order chi connectivity index (χ0) is 24.5. The molecule has 0 saturated heterocycles. The Morgan fingerprint density at radius 1 is 0.735 bits per heavy atom. The number of benzene rings is 2. The van der Waals surface area contributed by atoms with Gasteiger partial charge in [-0.05, 0) is 55.0 Å². The number of nitrogens with one attached hydrogen (secondary N) is 2. The first-order valence-electron chi connectivity index (χ1n) is 11.2.